The fourth-order valence-electron chi connectivity index (χ4n) is 14.1. The Labute approximate surface area is 645 Å². The molecule has 4 aromatic carbocycles. The maximum absolute atomic E-state index is 14.1. The van der Waals surface area contributed by atoms with Crippen LogP contribution in [0.25, 0.3) is 0 Å². The minimum absolute atomic E-state index is 0.105. The molecule has 0 atom stereocenters. The Bertz CT molecular complexity index is 2540. The summed E-state index contributed by atoms with van der Waals surface area (Å²) in [6, 6.07) is 25.3. The molecule has 590 valence electrons. The predicted octanol–water partition coefficient (Wildman–Crippen LogP) is 29.9. The first-order chi connectivity index (χ1) is 51.9. The topological polar surface area (TPSA) is 81.7 Å². The molecule has 0 aromatic heterocycles. The summed E-state index contributed by atoms with van der Waals surface area (Å²) in [6.07, 6.45) is 79.9. The first-order valence-electron chi connectivity index (χ1n) is 44.4. The van der Waals surface area contributed by atoms with Crippen LogP contribution >= 0.6 is 0 Å². The molecule has 4 aromatic rings. The van der Waals surface area contributed by atoms with E-state index in [2.05, 4.69) is 69.7 Å². The van der Waals surface area contributed by atoms with Crippen LogP contribution in [0.3, 0.4) is 0 Å². The Morgan fingerprint density at radius 1 is 0.286 bits per heavy atom. The molecule has 0 saturated heterocycles. The van der Waals surface area contributed by atoms with Crippen molar-refractivity contribution in [1.82, 2.24) is 0 Å². The van der Waals surface area contributed by atoms with Crippen LogP contribution in [-0.2, 0) is 18.0 Å². The van der Waals surface area contributed by atoms with Gasteiger partial charge in [0.1, 0.15) is 54.3 Å². The summed E-state index contributed by atoms with van der Waals surface area (Å²) < 4.78 is 45.2. The van der Waals surface area contributed by atoms with Gasteiger partial charge < -0.3 is 33.2 Å². The first-order valence-corrected chi connectivity index (χ1v) is 44.4. The molecule has 8 nitrogen and oxygen atoms in total. The lowest BCUT2D eigenvalue weighted by Crippen LogP contribution is -2.08. The number of hydrogen-bond acceptors (Lipinski definition) is 8. The number of carbonyl (C=O) groups is 1. The monoisotopic (exact) mass is 1450 g/mol. The third-order valence-corrected chi connectivity index (χ3v) is 20.6. The number of ether oxygens (including phenoxy) is 7. The van der Waals surface area contributed by atoms with Gasteiger partial charge in [-0.1, -0.05) is 391 Å². The van der Waals surface area contributed by atoms with Crippen molar-refractivity contribution in [3.05, 3.63) is 107 Å². The summed E-state index contributed by atoms with van der Waals surface area (Å²) in [6.45, 7) is 12.3. The Kier molecular flexibility index (Phi) is 59.0. The second-order valence-corrected chi connectivity index (χ2v) is 30.6. The van der Waals surface area contributed by atoms with Crippen molar-refractivity contribution in [2.24, 2.45) is 0 Å². The quantitative estimate of drug-likeness (QED) is 0.0246. The van der Waals surface area contributed by atoms with Gasteiger partial charge >= 0.3 is 5.97 Å². The molecule has 4 rings (SSSR count). The zero-order chi connectivity index (χ0) is 74.4. The fourth-order valence-corrected chi connectivity index (χ4v) is 14.1. The van der Waals surface area contributed by atoms with Crippen LogP contribution in [-0.4, -0.2) is 39.0 Å². The molecule has 0 radical (unpaired) electrons. The van der Waals surface area contributed by atoms with Gasteiger partial charge in [0.25, 0.3) is 0 Å². The van der Waals surface area contributed by atoms with Crippen molar-refractivity contribution in [2.75, 3.05) is 33.0 Å². The average Bonchev–Trinajstić information content (AvgIpc) is 0.903. The van der Waals surface area contributed by atoms with E-state index in [1.165, 1.54) is 308 Å². The number of rotatable bonds is 73. The van der Waals surface area contributed by atoms with Gasteiger partial charge in [0, 0.05) is 35.7 Å². The third kappa shape index (κ3) is 51.3. The summed E-state index contributed by atoms with van der Waals surface area (Å²) in [5.74, 6) is 12.6. The zero-order valence-electron chi connectivity index (χ0n) is 68.1. The smallest absolute Gasteiger partial charge is 0.338 e. The number of esters is 1. The predicted molar refractivity (Wildman–Crippen MR) is 447 cm³/mol. The van der Waals surface area contributed by atoms with Gasteiger partial charge in [0.05, 0.1) is 32.0 Å². The number of benzene rings is 4. The van der Waals surface area contributed by atoms with Gasteiger partial charge in [-0.05, 0) is 85.3 Å². The van der Waals surface area contributed by atoms with E-state index in [4.69, 9.17) is 39.6 Å². The molecule has 0 unspecified atom stereocenters. The van der Waals surface area contributed by atoms with E-state index in [0.29, 0.717) is 49.9 Å². The summed E-state index contributed by atoms with van der Waals surface area (Å²) >= 11 is 0. The average molecular weight is 1450 g/mol. The third-order valence-electron chi connectivity index (χ3n) is 20.6. The molecule has 0 bridgehead atoms. The highest BCUT2D eigenvalue weighted by atomic mass is 16.5. The molecule has 0 fully saturated rings. The van der Waals surface area contributed by atoms with Crippen LogP contribution in [0.4, 0.5) is 0 Å². The highest BCUT2D eigenvalue weighted by Gasteiger charge is 2.15. The van der Waals surface area contributed by atoms with Gasteiger partial charge in [-0.2, -0.15) is 0 Å². The highest BCUT2D eigenvalue weighted by molar-refractivity contribution is 5.90. The standard InChI is InChI=1S/C97H154O8/c1-6-11-15-19-23-27-31-35-39-43-47-51-55-62-70-99-91-75-86(76-92(81-91)100-71-63-56-52-48-44-40-36-32-28-24-20-16-12-7-2)84-104-95-79-90(97(98)103-74-66-61-69-89-68-60-59-67-88(89)10-5)80-96(83-95)105-85-87-77-93(101-72-64-57-53-49-45-41-37-33-29-25-21-17-13-8-3)82-94(78-87)102-73-65-58-54-50-46-42-38-34-30-26-22-18-14-9-4/h5,59-60,67-68,75-83H,6-9,11-58,62-66,70-74,84-85H2,1-4H3. The Balaban J connectivity index is 1.45. The van der Waals surface area contributed by atoms with E-state index in [-0.39, 0.29) is 19.8 Å². The van der Waals surface area contributed by atoms with Crippen LogP contribution in [0.5, 0.6) is 34.5 Å². The molecule has 0 N–H and O–H groups in total. The van der Waals surface area contributed by atoms with Crippen molar-refractivity contribution in [1.29, 1.82) is 0 Å². The molecule has 0 spiro atoms. The fraction of sp³-hybridized carbons (Fsp3) is 0.701. The summed E-state index contributed by atoms with van der Waals surface area (Å²) in [4.78, 5) is 14.1. The number of hydrogen-bond donors (Lipinski definition) is 0. The SMILES string of the molecule is C#Cc1ccccc1C#CCCOC(=O)c1cc(OCc2cc(OCCCCCCCCCCCCCCCC)cc(OCCCCCCCCCCCCCCCC)c2)cc(OCc2cc(OCCCCCCCCCCCCCCCC)cc(OCCCCCCCCCCCCCCCC)c2)c1. The normalized spacial score (nSPS) is 11.2. The largest absolute Gasteiger partial charge is 0.493 e. The van der Waals surface area contributed by atoms with Crippen molar-refractivity contribution in [3.8, 4) is 58.7 Å². The van der Waals surface area contributed by atoms with Crippen molar-refractivity contribution in [2.45, 2.75) is 407 Å². The summed E-state index contributed by atoms with van der Waals surface area (Å²) in [5.41, 5.74) is 3.65. The van der Waals surface area contributed by atoms with E-state index >= 15 is 0 Å². The van der Waals surface area contributed by atoms with Crippen LogP contribution in [0.1, 0.15) is 426 Å². The second-order valence-electron chi connectivity index (χ2n) is 30.6. The molecule has 0 aliphatic carbocycles. The van der Waals surface area contributed by atoms with Crippen molar-refractivity contribution >= 4 is 5.97 Å². The van der Waals surface area contributed by atoms with Crippen LogP contribution in [0.15, 0.2) is 78.9 Å². The van der Waals surface area contributed by atoms with Crippen LogP contribution in [0.2, 0.25) is 0 Å². The van der Waals surface area contributed by atoms with Gasteiger partial charge in [0.15, 0.2) is 0 Å². The molecule has 105 heavy (non-hydrogen) atoms. The Morgan fingerprint density at radius 2 is 0.524 bits per heavy atom. The Hall–Kier alpha value is -5.73. The van der Waals surface area contributed by atoms with Crippen LogP contribution < -0.4 is 28.4 Å². The lowest BCUT2D eigenvalue weighted by Gasteiger charge is -2.16. The Morgan fingerprint density at radius 3 is 0.781 bits per heavy atom. The van der Waals surface area contributed by atoms with Gasteiger partial charge in [-0.3, -0.25) is 0 Å². The van der Waals surface area contributed by atoms with Crippen LogP contribution in [0, 0.1) is 24.2 Å². The second kappa shape index (κ2) is 67.6. The minimum Gasteiger partial charge on any atom is -0.493 e. The minimum atomic E-state index is -0.493. The van der Waals surface area contributed by atoms with E-state index in [0.717, 1.165) is 96.6 Å². The maximum atomic E-state index is 14.1. The van der Waals surface area contributed by atoms with Crippen molar-refractivity contribution in [3.63, 3.8) is 0 Å². The number of carbonyl (C=O) groups excluding carboxylic acids is 1. The van der Waals surface area contributed by atoms with E-state index in [1.807, 2.05) is 42.5 Å². The van der Waals surface area contributed by atoms with Crippen molar-refractivity contribution < 1.29 is 38.0 Å². The molecule has 0 aliphatic rings. The molecule has 0 aliphatic heterocycles. The number of unbranched alkanes of at least 4 members (excludes halogenated alkanes) is 52. The highest BCUT2D eigenvalue weighted by Crippen LogP contribution is 2.31. The molecule has 0 saturated carbocycles. The first kappa shape index (κ1) is 91.7. The summed E-state index contributed by atoms with van der Waals surface area (Å²) in [7, 11) is 0. The van der Waals surface area contributed by atoms with E-state index in [1.54, 1.807) is 12.1 Å². The summed E-state index contributed by atoms with van der Waals surface area (Å²) in [5, 5.41) is 0. The number of terminal acetylenes is 1. The molecular weight excluding hydrogens is 1290 g/mol. The zero-order valence-corrected chi connectivity index (χ0v) is 68.1. The van der Waals surface area contributed by atoms with E-state index < -0.39 is 5.97 Å². The molecular formula is C97H154O8. The molecule has 0 amide bonds. The molecule has 0 heterocycles. The lowest BCUT2D eigenvalue weighted by molar-refractivity contribution is 0.0512. The van der Waals surface area contributed by atoms with E-state index in [9.17, 15) is 4.79 Å². The molecule has 8 heteroatoms. The lowest BCUT2D eigenvalue weighted by atomic mass is 10.0. The van der Waals surface area contributed by atoms with Gasteiger partial charge in [-0.15, -0.1) is 6.42 Å². The van der Waals surface area contributed by atoms with Gasteiger partial charge in [0.2, 0.25) is 0 Å². The maximum Gasteiger partial charge on any atom is 0.338 e. The van der Waals surface area contributed by atoms with Gasteiger partial charge in [-0.25, -0.2) is 4.79 Å².